The second-order valence-electron chi connectivity index (χ2n) is 5.97. The van der Waals surface area contributed by atoms with Crippen LogP contribution in [0.1, 0.15) is 31.2 Å². The van der Waals surface area contributed by atoms with E-state index in [0.717, 1.165) is 24.2 Å². The van der Waals surface area contributed by atoms with Crippen LogP contribution in [0.5, 0.6) is 0 Å². The molecule has 1 fully saturated rings. The standard InChI is InChI=1S/C16H16F2N6S/c1-2-5-25-16-20-14(13-15(21-16)23-24-22-13)19-12-7-9(12)8-3-4-10(17)11(18)6-8/h3-4,6,9,12H,2,5,7H2,1H3,(H2,19,20,21,22,23,24)/t9?,12-/m1/s1. The van der Waals surface area contributed by atoms with Crippen LogP contribution in [-0.2, 0) is 0 Å². The zero-order chi connectivity index (χ0) is 17.4. The Morgan fingerprint density at radius 1 is 1.24 bits per heavy atom. The van der Waals surface area contributed by atoms with Gasteiger partial charge in [0.2, 0.25) is 5.65 Å². The molecular weight excluding hydrogens is 346 g/mol. The number of aromatic nitrogens is 5. The van der Waals surface area contributed by atoms with Crippen LogP contribution in [0.25, 0.3) is 11.2 Å². The zero-order valence-corrected chi connectivity index (χ0v) is 14.3. The van der Waals surface area contributed by atoms with Gasteiger partial charge in [-0.2, -0.15) is 15.3 Å². The van der Waals surface area contributed by atoms with Crippen molar-refractivity contribution in [3.05, 3.63) is 35.4 Å². The molecule has 0 spiro atoms. The molecule has 0 saturated heterocycles. The fraction of sp³-hybridized carbons (Fsp3) is 0.375. The number of thioether (sulfide) groups is 1. The summed E-state index contributed by atoms with van der Waals surface area (Å²) in [5.74, 6) is 0.0177. The highest BCUT2D eigenvalue weighted by Crippen LogP contribution is 2.43. The van der Waals surface area contributed by atoms with Crippen molar-refractivity contribution < 1.29 is 8.78 Å². The van der Waals surface area contributed by atoms with Gasteiger partial charge in [0.25, 0.3) is 0 Å². The molecule has 2 aromatic heterocycles. The second-order valence-corrected chi connectivity index (χ2v) is 7.03. The number of halogens is 2. The lowest BCUT2D eigenvalue weighted by Crippen LogP contribution is -2.08. The molecule has 1 saturated carbocycles. The van der Waals surface area contributed by atoms with Gasteiger partial charge in [-0.05, 0) is 30.5 Å². The lowest BCUT2D eigenvalue weighted by atomic mass is 10.1. The summed E-state index contributed by atoms with van der Waals surface area (Å²) in [6.07, 6.45) is 1.85. The smallest absolute Gasteiger partial charge is 0.207 e. The van der Waals surface area contributed by atoms with Gasteiger partial charge in [-0.3, -0.25) is 0 Å². The largest absolute Gasteiger partial charge is 0.365 e. The number of hydrogen-bond donors (Lipinski definition) is 2. The Kier molecular flexibility index (Phi) is 4.24. The van der Waals surface area contributed by atoms with Gasteiger partial charge in [-0.25, -0.2) is 13.8 Å². The van der Waals surface area contributed by atoms with Crippen molar-refractivity contribution in [3.63, 3.8) is 0 Å². The molecule has 0 bridgehead atoms. The summed E-state index contributed by atoms with van der Waals surface area (Å²) >= 11 is 1.57. The van der Waals surface area contributed by atoms with Gasteiger partial charge < -0.3 is 5.32 Å². The van der Waals surface area contributed by atoms with Crippen molar-refractivity contribution in [1.82, 2.24) is 25.4 Å². The van der Waals surface area contributed by atoms with Crippen molar-refractivity contribution in [2.75, 3.05) is 11.1 Å². The molecule has 9 heteroatoms. The molecule has 6 nitrogen and oxygen atoms in total. The first-order valence-electron chi connectivity index (χ1n) is 8.08. The third-order valence-electron chi connectivity index (χ3n) is 4.08. The Morgan fingerprint density at radius 2 is 2.12 bits per heavy atom. The zero-order valence-electron chi connectivity index (χ0n) is 13.5. The monoisotopic (exact) mass is 362 g/mol. The molecule has 1 aliphatic carbocycles. The van der Waals surface area contributed by atoms with E-state index in [-0.39, 0.29) is 12.0 Å². The molecule has 1 aliphatic rings. The van der Waals surface area contributed by atoms with E-state index in [1.807, 2.05) is 0 Å². The lowest BCUT2D eigenvalue weighted by Gasteiger charge is -2.07. The summed E-state index contributed by atoms with van der Waals surface area (Å²) < 4.78 is 26.5. The fourth-order valence-electron chi connectivity index (χ4n) is 2.73. The average Bonchev–Trinajstić information content (AvgIpc) is 3.19. The van der Waals surface area contributed by atoms with Crippen LogP contribution in [0.15, 0.2) is 23.4 Å². The number of anilines is 1. The minimum absolute atomic E-state index is 0.101. The van der Waals surface area contributed by atoms with Crippen molar-refractivity contribution in [1.29, 1.82) is 0 Å². The normalized spacial score (nSPS) is 19.3. The first-order valence-corrected chi connectivity index (χ1v) is 9.07. The highest BCUT2D eigenvalue weighted by Gasteiger charge is 2.39. The number of nitrogens with zero attached hydrogens (tertiary/aromatic N) is 4. The maximum Gasteiger partial charge on any atom is 0.207 e. The number of rotatable bonds is 6. The molecule has 3 aromatic rings. The number of H-pyrrole nitrogens is 1. The predicted octanol–water partition coefficient (Wildman–Crippen LogP) is 3.50. The molecule has 130 valence electrons. The SMILES string of the molecule is CCCSc1nc(N[C@@H]2CC2c2ccc(F)c(F)c2)c2n[nH]nc2n1. The van der Waals surface area contributed by atoms with Gasteiger partial charge in [-0.1, -0.05) is 24.8 Å². The molecule has 25 heavy (non-hydrogen) atoms. The number of benzene rings is 1. The third kappa shape index (κ3) is 3.28. The summed E-state index contributed by atoms with van der Waals surface area (Å²) in [6, 6.07) is 4.15. The highest BCUT2D eigenvalue weighted by molar-refractivity contribution is 7.99. The van der Waals surface area contributed by atoms with Gasteiger partial charge in [0, 0.05) is 17.7 Å². The summed E-state index contributed by atoms with van der Waals surface area (Å²) in [6.45, 7) is 2.09. The first-order chi connectivity index (χ1) is 12.2. The number of hydrogen-bond acceptors (Lipinski definition) is 6. The van der Waals surface area contributed by atoms with E-state index >= 15 is 0 Å². The van der Waals surface area contributed by atoms with E-state index in [2.05, 4.69) is 37.6 Å². The van der Waals surface area contributed by atoms with E-state index < -0.39 is 11.6 Å². The van der Waals surface area contributed by atoms with Crippen molar-refractivity contribution in [2.45, 2.75) is 36.9 Å². The van der Waals surface area contributed by atoms with Gasteiger partial charge >= 0.3 is 0 Å². The van der Waals surface area contributed by atoms with Crippen LogP contribution in [0.2, 0.25) is 0 Å². The fourth-order valence-corrected chi connectivity index (χ4v) is 3.42. The molecule has 2 heterocycles. The molecule has 4 rings (SSSR count). The molecule has 1 unspecified atom stereocenters. The van der Waals surface area contributed by atoms with Gasteiger partial charge in [0.05, 0.1) is 0 Å². The predicted molar refractivity (Wildman–Crippen MR) is 91.6 cm³/mol. The molecule has 2 N–H and O–H groups in total. The van der Waals surface area contributed by atoms with Gasteiger partial charge in [0.15, 0.2) is 28.1 Å². The minimum atomic E-state index is -0.827. The van der Waals surface area contributed by atoms with Crippen LogP contribution in [0, 0.1) is 11.6 Å². The number of nitrogens with one attached hydrogen (secondary N) is 2. The maximum atomic E-state index is 13.4. The summed E-state index contributed by atoms with van der Waals surface area (Å²) in [4.78, 5) is 8.91. The molecule has 0 aliphatic heterocycles. The molecule has 0 radical (unpaired) electrons. The minimum Gasteiger partial charge on any atom is -0.365 e. The summed E-state index contributed by atoms with van der Waals surface area (Å²) in [5, 5.41) is 14.7. The Morgan fingerprint density at radius 3 is 2.92 bits per heavy atom. The van der Waals surface area contributed by atoms with E-state index in [4.69, 9.17) is 0 Å². The van der Waals surface area contributed by atoms with Crippen LogP contribution < -0.4 is 5.32 Å². The van der Waals surface area contributed by atoms with Crippen molar-refractivity contribution in [3.8, 4) is 0 Å². The van der Waals surface area contributed by atoms with Crippen LogP contribution in [0.3, 0.4) is 0 Å². The number of fused-ring (bicyclic) bond motifs is 1. The Labute approximate surface area is 146 Å². The molecule has 2 atom stereocenters. The summed E-state index contributed by atoms with van der Waals surface area (Å²) in [7, 11) is 0. The van der Waals surface area contributed by atoms with Gasteiger partial charge in [-0.15, -0.1) is 5.10 Å². The quantitative estimate of drug-likeness (QED) is 0.516. The van der Waals surface area contributed by atoms with E-state index in [9.17, 15) is 8.78 Å². The highest BCUT2D eigenvalue weighted by atomic mass is 32.2. The summed E-state index contributed by atoms with van der Waals surface area (Å²) in [5.41, 5.74) is 1.88. The van der Waals surface area contributed by atoms with E-state index in [1.165, 1.54) is 12.1 Å². The van der Waals surface area contributed by atoms with E-state index in [1.54, 1.807) is 17.8 Å². The Hall–Kier alpha value is -2.29. The third-order valence-corrected chi connectivity index (χ3v) is 5.14. The second kappa shape index (κ2) is 6.55. The van der Waals surface area contributed by atoms with Crippen molar-refractivity contribution >= 4 is 28.7 Å². The average molecular weight is 362 g/mol. The maximum absolute atomic E-state index is 13.4. The molecular formula is C16H16F2N6S. The Bertz CT molecular complexity index is 915. The van der Waals surface area contributed by atoms with Crippen LogP contribution in [0.4, 0.5) is 14.6 Å². The van der Waals surface area contributed by atoms with E-state index in [0.29, 0.717) is 22.1 Å². The van der Waals surface area contributed by atoms with Crippen molar-refractivity contribution in [2.24, 2.45) is 0 Å². The molecule has 0 amide bonds. The van der Waals surface area contributed by atoms with Gasteiger partial charge in [0.1, 0.15) is 0 Å². The van der Waals surface area contributed by atoms with Crippen LogP contribution >= 0.6 is 11.8 Å². The number of aromatic amines is 1. The lowest BCUT2D eigenvalue weighted by molar-refractivity contribution is 0.507. The van der Waals surface area contributed by atoms with Crippen LogP contribution in [-0.4, -0.2) is 37.2 Å². The molecule has 1 aromatic carbocycles. The topological polar surface area (TPSA) is 79.4 Å². The Balaban J connectivity index is 1.54. The first kappa shape index (κ1) is 16.2.